The topological polar surface area (TPSA) is 52.6 Å². The van der Waals surface area contributed by atoms with Gasteiger partial charge in [0.15, 0.2) is 0 Å². The fraction of sp³-hybridized carbons (Fsp3) is 0.125. The Balaban J connectivity index is 1.42. The van der Waals surface area contributed by atoms with Crippen molar-refractivity contribution >= 4 is 22.7 Å². The lowest BCUT2D eigenvalue weighted by atomic mass is 9.93. The summed E-state index contributed by atoms with van der Waals surface area (Å²) in [7, 11) is 0. The van der Waals surface area contributed by atoms with Crippen molar-refractivity contribution in [2.24, 2.45) is 0 Å². The molecule has 4 aromatic carbocycles. The number of esters is 2. The minimum Gasteiger partial charge on any atom is -0.423 e. The maximum atomic E-state index is 11.4. The van der Waals surface area contributed by atoms with Crippen molar-refractivity contribution < 1.29 is 19.1 Å². The zero-order valence-electron chi connectivity index (χ0n) is 20.1. The van der Waals surface area contributed by atoms with E-state index >= 15 is 0 Å². The highest BCUT2D eigenvalue weighted by atomic mass is 16.5. The van der Waals surface area contributed by atoms with Gasteiger partial charge in [0.25, 0.3) is 0 Å². The van der Waals surface area contributed by atoms with E-state index in [1.165, 1.54) is 33.0 Å². The molecule has 0 atom stereocenters. The predicted octanol–water partition coefficient (Wildman–Crippen LogP) is 6.59. The van der Waals surface area contributed by atoms with Crippen molar-refractivity contribution in [3.63, 3.8) is 0 Å². The third kappa shape index (κ3) is 6.36. The summed E-state index contributed by atoms with van der Waals surface area (Å²) in [5, 5.41) is 2.55. The largest absolute Gasteiger partial charge is 0.423 e. The molecule has 0 saturated heterocycles. The molecule has 0 N–H and O–H groups in total. The summed E-state index contributed by atoms with van der Waals surface area (Å²) < 4.78 is 10.3. The fourth-order valence-corrected chi connectivity index (χ4v) is 4.18. The van der Waals surface area contributed by atoms with Crippen LogP contribution in [-0.2, 0) is 35.3 Å². The van der Waals surface area contributed by atoms with Crippen LogP contribution in [0.15, 0.2) is 110 Å². The Labute approximate surface area is 211 Å². The molecule has 0 aliphatic rings. The monoisotopic (exact) mass is 476 g/mol. The average molecular weight is 477 g/mol. The minimum atomic E-state index is -0.458. The van der Waals surface area contributed by atoms with E-state index in [-0.39, 0.29) is 0 Å². The number of ether oxygens (including phenoxy) is 2. The molecule has 0 fully saturated rings. The summed E-state index contributed by atoms with van der Waals surface area (Å²) in [6, 6.07) is 28.2. The van der Waals surface area contributed by atoms with Crippen molar-refractivity contribution in [2.45, 2.75) is 25.7 Å². The second-order valence-corrected chi connectivity index (χ2v) is 8.47. The van der Waals surface area contributed by atoms with Crippen molar-refractivity contribution in [3.05, 3.63) is 132 Å². The molecular weight excluding hydrogens is 448 g/mol. The molecule has 180 valence electrons. The van der Waals surface area contributed by atoms with Crippen LogP contribution in [0.4, 0.5) is 0 Å². The van der Waals surface area contributed by atoms with Gasteiger partial charge in [0.1, 0.15) is 11.5 Å². The summed E-state index contributed by atoms with van der Waals surface area (Å²) in [4.78, 5) is 22.7. The molecule has 0 bridgehead atoms. The van der Waals surface area contributed by atoms with Crippen LogP contribution in [0.3, 0.4) is 0 Å². The molecule has 0 aromatic heterocycles. The number of hydrogen-bond acceptors (Lipinski definition) is 4. The molecule has 0 amide bonds. The van der Waals surface area contributed by atoms with Gasteiger partial charge >= 0.3 is 11.9 Å². The first kappa shape index (κ1) is 24.7. The highest BCUT2D eigenvalue weighted by Crippen LogP contribution is 2.26. The molecule has 0 radical (unpaired) electrons. The lowest BCUT2D eigenvalue weighted by molar-refractivity contribution is -0.129. The molecule has 0 aliphatic heterocycles. The first-order valence-electron chi connectivity index (χ1n) is 11.9. The quantitative estimate of drug-likeness (QED) is 0.147. The van der Waals surface area contributed by atoms with Crippen LogP contribution in [0.1, 0.15) is 22.3 Å². The van der Waals surface area contributed by atoms with E-state index in [2.05, 4.69) is 49.6 Å². The highest BCUT2D eigenvalue weighted by molar-refractivity contribution is 5.89. The average Bonchev–Trinajstić information content (AvgIpc) is 2.92. The normalized spacial score (nSPS) is 10.6. The maximum Gasteiger partial charge on any atom is 0.335 e. The highest BCUT2D eigenvalue weighted by Gasteiger charge is 2.08. The Hall–Kier alpha value is -4.44. The number of rotatable bonds is 10. The molecule has 4 aromatic rings. The van der Waals surface area contributed by atoms with E-state index in [9.17, 15) is 9.59 Å². The van der Waals surface area contributed by atoms with Gasteiger partial charge in [-0.05, 0) is 83.0 Å². The standard InChI is InChI=1S/C32H28O4/c1-3-31(33)35-27-19-11-23(12-20-27)9-15-25-17-18-26(30-8-6-5-7-29(25)30)16-10-24-13-21-28(22-14-24)36-32(34)4-2/h3-8,11-14,17-22H,1-2,9-10,15-16H2. The fourth-order valence-electron chi connectivity index (χ4n) is 4.18. The molecule has 0 unspecified atom stereocenters. The van der Waals surface area contributed by atoms with Gasteiger partial charge < -0.3 is 9.47 Å². The van der Waals surface area contributed by atoms with Gasteiger partial charge in [-0.2, -0.15) is 0 Å². The Morgan fingerprint density at radius 1 is 0.556 bits per heavy atom. The van der Waals surface area contributed by atoms with Gasteiger partial charge in [-0.15, -0.1) is 0 Å². The third-order valence-electron chi connectivity index (χ3n) is 6.09. The van der Waals surface area contributed by atoms with Gasteiger partial charge in [-0.3, -0.25) is 0 Å². The van der Waals surface area contributed by atoms with Gasteiger partial charge in [-0.1, -0.05) is 73.8 Å². The van der Waals surface area contributed by atoms with E-state index in [0.717, 1.165) is 37.8 Å². The van der Waals surface area contributed by atoms with E-state index in [1.54, 1.807) is 0 Å². The van der Waals surface area contributed by atoms with Crippen molar-refractivity contribution in [2.75, 3.05) is 0 Å². The van der Waals surface area contributed by atoms with Gasteiger partial charge in [0.2, 0.25) is 0 Å². The predicted molar refractivity (Wildman–Crippen MR) is 143 cm³/mol. The van der Waals surface area contributed by atoms with Crippen molar-refractivity contribution in [1.29, 1.82) is 0 Å². The van der Waals surface area contributed by atoms with E-state index in [1.807, 2.05) is 48.5 Å². The van der Waals surface area contributed by atoms with Crippen LogP contribution in [-0.4, -0.2) is 11.9 Å². The number of benzene rings is 4. The van der Waals surface area contributed by atoms with E-state index in [4.69, 9.17) is 9.47 Å². The smallest absolute Gasteiger partial charge is 0.335 e. The Kier molecular flexibility index (Phi) is 8.09. The molecule has 4 rings (SSSR count). The molecule has 0 spiro atoms. The minimum absolute atomic E-state index is 0.458. The number of aryl methyl sites for hydroxylation is 4. The SMILES string of the molecule is C=CC(=O)Oc1ccc(CCc2ccc(CCc3ccc(OC(=O)C=C)cc3)c3ccccc23)cc1. The van der Waals surface area contributed by atoms with E-state index < -0.39 is 11.9 Å². The van der Waals surface area contributed by atoms with Crippen molar-refractivity contribution in [3.8, 4) is 11.5 Å². The molecule has 4 heteroatoms. The molecular formula is C32H28O4. The first-order chi connectivity index (χ1) is 17.6. The molecule has 0 saturated carbocycles. The maximum absolute atomic E-state index is 11.4. The summed E-state index contributed by atoms with van der Waals surface area (Å²) in [5.74, 6) is 0.123. The molecule has 0 heterocycles. The number of fused-ring (bicyclic) bond motifs is 1. The van der Waals surface area contributed by atoms with E-state index in [0.29, 0.717) is 11.5 Å². The number of hydrogen-bond donors (Lipinski definition) is 0. The van der Waals surface area contributed by atoms with Crippen LogP contribution in [0.25, 0.3) is 10.8 Å². The molecule has 4 nitrogen and oxygen atoms in total. The summed E-state index contributed by atoms with van der Waals surface area (Å²) in [5.41, 5.74) is 4.99. The van der Waals surface area contributed by atoms with Crippen LogP contribution in [0, 0.1) is 0 Å². The number of carbonyl (C=O) groups excluding carboxylic acids is 2. The lowest BCUT2D eigenvalue weighted by Crippen LogP contribution is -2.03. The molecule has 36 heavy (non-hydrogen) atoms. The second kappa shape index (κ2) is 11.8. The summed E-state index contributed by atoms with van der Waals surface area (Å²) in [6.07, 6.45) is 5.92. The van der Waals surface area contributed by atoms with Gasteiger partial charge in [0, 0.05) is 12.2 Å². The lowest BCUT2D eigenvalue weighted by Gasteiger charge is -2.12. The van der Waals surface area contributed by atoms with Gasteiger partial charge in [-0.25, -0.2) is 9.59 Å². The van der Waals surface area contributed by atoms with Crippen LogP contribution in [0.5, 0.6) is 11.5 Å². The number of carbonyl (C=O) groups is 2. The van der Waals surface area contributed by atoms with Crippen LogP contribution in [0.2, 0.25) is 0 Å². The Morgan fingerprint density at radius 3 is 1.31 bits per heavy atom. The zero-order valence-corrected chi connectivity index (χ0v) is 20.1. The van der Waals surface area contributed by atoms with Crippen LogP contribution >= 0.6 is 0 Å². The summed E-state index contributed by atoms with van der Waals surface area (Å²) >= 11 is 0. The zero-order chi connectivity index (χ0) is 25.3. The van der Waals surface area contributed by atoms with Crippen LogP contribution < -0.4 is 9.47 Å². The molecule has 0 aliphatic carbocycles. The Morgan fingerprint density at radius 2 is 0.944 bits per heavy atom. The second-order valence-electron chi connectivity index (χ2n) is 8.47. The first-order valence-corrected chi connectivity index (χ1v) is 11.9. The van der Waals surface area contributed by atoms with Crippen molar-refractivity contribution in [1.82, 2.24) is 0 Å². The van der Waals surface area contributed by atoms with Gasteiger partial charge in [0.05, 0.1) is 0 Å². The summed E-state index contributed by atoms with van der Waals surface area (Å²) in [6.45, 7) is 6.83. The third-order valence-corrected chi connectivity index (χ3v) is 6.09. The Bertz CT molecular complexity index is 1270.